The van der Waals surface area contributed by atoms with Crippen LogP contribution in [0.15, 0.2) is 54.7 Å². The number of carbonyl (C=O) groups is 1. The molecule has 0 unspecified atom stereocenters. The number of alkyl halides is 3. The number of benzene rings is 2. The fourth-order valence-corrected chi connectivity index (χ4v) is 5.82. The number of carbonyl (C=O) groups excluding carboxylic acids is 1. The van der Waals surface area contributed by atoms with Gasteiger partial charge in [-0.05, 0) is 87.6 Å². The van der Waals surface area contributed by atoms with Crippen molar-refractivity contribution in [2.45, 2.75) is 74.8 Å². The third kappa shape index (κ3) is 5.70. The van der Waals surface area contributed by atoms with Crippen LogP contribution < -0.4 is 14.2 Å². The molecule has 0 radical (unpaired) electrons. The lowest BCUT2D eigenvalue weighted by molar-refractivity contribution is -0.270. The number of hydrogen-bond acceptors (Lipinski definition) is 8. The summed E-state index contributed by atoms with van der Waals surface area (Å²) < 4.78 is 77.4. The molecule has 1 N–H and O–H groups in total. The molecule has 3 aliphatic rings. The highest BCUT2D eigenvalue weighted by Crippen LogP contribution is 2.50. The first-order chi connectivity index (χ1) is 22.4. The number of aliphatic hydroxyl groups is 1. The standard InChI is InChI=1S/C34H32F4N4O5/c1-32(42-17-25(40-41-42)19-3-4-19)18-46-31-24(32)16-29(39-30(31)20-5-8-22(35)9-6-20)33(44,34(36,37)38)14-13-26(43)21-7-12-27(28(15-21)45-2)47-23-10-11-23/h5-9,12,15-17,19,23,44H,3-4,10-11,13-14,18H2,1-2H3/t32-,33-/m0/s1. The molecule has 9 nitrogen and oxygen atoms in total. The highest BCUT2D eigenvalue weighted by Gasteiger charge is 2.57. The Hall–Kier alpha value is -4.52. The van der Waals surface area contributed by atoms with Gasteiger partial charge in [-0.3, -0.25) is 4.79 Å². The molecule has 2 saturated carbocycles. The van der Waals surface area contributed by atoms with Crippen LogP contribution in [-0.2, 0) is 11.1 Å². The summed E-state index contributed by atoms with van der Waals surface area (Å²) in [7, 11) is 1.41. The summed E-state index contributed by atoms with van der Waals surface area (Å²) in [5.41, 5.74) is -3.90. The highest BCUT2D eigenvalue weighted by atomic mass is 19.4. The molecular formula is C34H32F4N4O5. The SMILES string of the molecule is COc1cc(C(=O)CC[C@](O)(c2cc3c(c(-c4ccc(F)cc4)n2)OC[C@]3(C)n2cc(C3CC3)nn2)C(F)(F)F)ccc1OC1CC1. The van der Waals surface area contributed by atoms with Crippen molar-refractivity contribution in [1.29, 1.82) is 0 Å². The van der Waals surface area contributed by atoms with E-state index in [1.807, 2.05) is 0 Å². The van der Waals surface area contributed by atoms with E-state index in [1.165, 1.54) is 37.4 Å². The highest BCUT2D eigenvalue weighted by molar-refractivity contribution is 5.96. The van der Waals surface area contributed by atoms with Gasteiger partial charge in [-0.25, -0.2) is 14.1 Å². The fourth-order valence-electron chi connectivity index (χ4n) is 5.82. The molecule has 0 bridgehead atoms. The third-order valence-corrected chi connectivity index (χ3v) is 9.09. The zero-order valence-electron chi connectivity index (χ0n) is 25.7. The topological polar surface area (TPSA) is 109 Å². The van der Waals surface area contributed by atoms with Crippen LogP contribution in [0, 0.1) is 5.82 Å². The molecule has 2 atom stereocenters. The van der Waals surface area contributed by atoms with E-state index >= 15 is 0 Å². The van der Waals surface area contributed by atoms with Gasteiger partial charge in [-0.2, -0.15) is 13.2 Å². The van der Waals surface area contributed by atoms with Crippen molar-refractivity contribution in [3.05, 3.63) is 83.1 Å². The predicted molar refractivity (Wildman–Crippen MR) is 160 cm³/mol. The molecule has 2 fully saturated rings. The molecule has 2 aromatic carbocycles. The maximum absolute atomic E-state index is 14.9. The largest absolute Gasteiger partial charge is 0.493 e. The molecular weight excluding hydrogens is 620 g/mol. The lowest BCUT2D eigenvalue weighted by Crippen LogP contribution is -2.44. The zero-order chi connectivity index (χ0) is 33.1. The van der Waals surface area contributed by atoms with Crippen molar-refractivity contribution in [1.82, 2.24) is 20.0 Å². The number of ether oxygens (including phenoxy) is 3. The van der Waals surface area contributed by atoms with Crippen LogP contribution in [0.25, 0.3) is 11.3 Å². The Morgan fingerprint density at radius 1 is 1.09 bits per heavy atom. The van der Waals surface area contributed by atoms with Crippen molar-refractivity contribution >= 4 is 5.78 Å². The number of methoxy groups -OCH3 is 1. The number of hydrogen-bond donors (Lipinski definition) is 1. The summed E-state index contributed by atoms with van der Waals surface area (Å²) >= 11 is 0. The summed E-state index contributed by atoms with van der Waals surface area (Å²) in [4.78, 5) is 17.6. The minimum atomic E-state index is -5.23. The minimum absolute atomic E-state index is 0.000347. The van der Waals surface area contributed by atoms with E-state index in [1.54, 1.807) is 23.9 Å². The van der Waals surface area contributed by atoms with Crippen molar-refractivity contribution < 1.29 is 41.7 Å². The van der Waals surface area contributed by atoms with E-state index in [9.17, 15) is 27.5 Å². The van der Waals surface area contributed by atoms with Gasteiger partial charge in [0.2, 0.25) is 5.60 Å². The van der Waals surface area contributed by atoms with Crippen LogP contribution in [0.5, 0.6) is 17.2 Å². The Morgan fingerprint density at radius 3 is 2.49 bits per heavy atom. The predicted octanol–water partition coefficient (Wildman–Crippen LogP) is 6.48. The van der Waals surface area contributed by atoms with E-state index < -0.39 is 47.5 Å². The zero-order valence-corrected chi connectivity index (χ0v) is 25.7. The molecule has 0 saturated heterocycles. The third-order valence-electron chi connectivity index (χ3n) is 9.09. The number of pyridine rings is 1. The van der Waals surface area contributed by atoms with Crippen molar-refractivity contribution in [3.63, 3.8) is 0 Å². The van der Waals surface area contributed by atoms with E-state index in [-0.39, 0.29) is 46.9 Å². The van der Waals surface area contributed by atoms with Crippen molar-refractivity contribution in [2.75, 3.05) is 13.7 Å². The first kappa shape index (κ1) is 31.1. The maximum atomic E-state index is 14.9. The Kier molecular flexibility index (Phi) is 7.49. The van der Waals surface area contributed by atoms with Crippen molar-refractivity contribution in [2.24, 2.45) is 0 Å². The number of ketones is 1. The lowest BCUT2D eigenvalue weighted by Gasteiger charge is -2.31. The van der Waals surface area contributed by atoms with Gasteiger partial charge in [0, 0.05) is 35.2 Å². The average molecular weight is 653 g/mol. The minimum Gasteiger partial charge on any atom is -0.493 e. The molecule has 47 heavy (non-hydrogen) atoms. The Morgan fingerprint density at radius 2 is 1.83 bits per heavy atom. The second-order valence-electron chi connectivity index (χ2n) is 12.6. The fraction of sp³-hybridized carbons (Fsp3) is 0.412. The Bertz CT molecular complexity index is 1840. The van der Waals surface area contributed by atoms with Gasteiger partial charge in [0.25, 0.3) is 0 Å². The second-order valence-corrected chi connectivity index (χ2v) is 12.6. The quantitative estimate of drug-likeness (QED) is 0.145. The van der Waals surface area contributed by atoms with Crippen LogP contribution in [0.1, 0.15) is 78.7 Å². The van der Waals surface area contributed by atoms with Crippen LogP contribution in [-0.4, -0.2) is 56.9 Å². The number of aromatic nitrogens is 4. The van der Waals surface area contributed by atoms with Gasteiger partial charge < -0.3 is 19.3 Å². The van der Waals surface area contributed by atoms with E-state index in [4.69, 9.17) is 14.2 Å². The normalized spacial score (nSPS) is 20.3. The Balaban J connectivity index is 1.27. The summed E-state index contributed by atoms with van der Waals surface area (Å²) in [6.45, 7) is 1.75. The molecule has 1 aliphatic heterocycles. The number of nitrogens with zero attached hydrogens (tertiary/aromatic N) is 4. The number of Topliss-reactive ketones (excluding diaryl/α,β-unsaturated/α-hetero) is 1. The van der Waals surface area contributed by atoms with Gasteiger partial charge in [0.05, 0.1) is 24.6 Å². The first-order valence-electron chi connectivity index (χ1n) is 15.4. The summed E-state index contributed by atoms with van der Waals surface area (Å²) in [5.74, 6) is 0.0225. The summed E-state index contributed by atoms with van der Waals surface area (Å²) in [6.07, 6.45) is -1.29. The van der Waals surface area contributed by atoms with Gasteiger partial charge in [-0.1, -0.05) is 5.21 Å². The maximum Gasteiger partial charge on any atom is 0.422 e. The number of fused-ring (bicyclic) bond motifs is 1. The van der Waals surface area contributed by atoms with Crippen LogP contribution >= 0.6 is 0 Å². The lowest BCUT2D eigenvalue weighted by atomic mass is 9.86. The molecule has 7 rings (SSSR count). The Labute approximate surface area is 267 Å². The molecule has 246 valence electrons. The molecule has 0 spiro atoms. The van der Waals surface area contributed by atoms with Gasteiger partial charge in [0.15, 0.2) is 23.0 Å². The van der Waals surface area contributed by atoms with Crippen molar-refractivity contribution in [3.8, 4) is 28.5 Å². The average Bonchev–Trinajstić information content (AvgIpc) is 3.99. The van der Waals surface area contributed by atoms with Crippen LogP contribution in [0.2, 0.25) is 0 Å². The van der Waals surface area contributed by atoms with Gasteiger partial charge in [0.1, 0.15) is 23.7 Å². The van der Waals surface area contributed by atoms with Gasteiger partial charge >= 0.3 is 6.18 Å². The van der Waals surface area contributed by atoms with Crippen LogP contribution in [0.3, 0.4) is 0 Å². The monoisotopic (exact) mass is 652 g/mol. The van der Waals surface area contributed by atoms with E-state index in [0.29, 0.717) is 11.3 Å². The molecule has 0 amide bonds. The number of halogens is 4. The van der Waals surface area contributed by atoms with Crippen LogP contribution in [0.4, 0.5) is 17.6 Å². The first-order valence-corrected chi connectivity index (χ1v) is 15.4. The van der Waals surface area contributed by atoms with E-state index in [2.05, 4.69) is 15.3 Å². The molecule has 4 aromatic rings. The molecule has 3 heterocycles. The van der Waals surface area contributed by atoms with Gasteiger partial charge in [-0.15, -0.1) is 5.10 Å². The summed E-state index contributed by atoms with van der Waals surface area (Å²) in [6, 6.07) is 10.7. The number of rotatable bonds is 11. The van der Waals surface area contributed by atoms with E-state index in [0.717, 1.165) is 43.5 Å². The smallest absolute Gasteiger partial charge is 0.422 e. The molecule has 2 aromatic heterocycles. The second kappa shape index (κ2) is 11.3. The summed E-state index contributed by atoms with van der Waals surface area (Å²) in [5, 5.41) is 20.1. The molecule has 2 aliphatic carbocycles. The molecule has 13 heteroatoms.